The van der Waals surface area contributed by atoms with Crippen LogP contribution >= 0.6 is 0 Å². The van der Waals surface area contributed by atoms with Gasteiger partial charge in [0.05, 0.1) is 5.69 Å². The van der Waals surface area contributed by atoms with Gasteiger partial charge in [0, 0.05) is 49.3 Å². The summed E-state index contributed by atoms with van der Waals surface area (Å²) in [5, 5.41) is 6.63. The molecule has 0 unspecified atom stereocenters. The van der Waals surface area contributed by atoms with E-state index in [0.717, 1.165) is 116 Å². The van der Waals surface area contributed by atoms with E-state index in [-0.39, 0.29) is 0 Å². The van der Waals surface area contributed by atoms with Crippen molar-refractivity contribution < 1.29 is 13.3 Å². The van der Waals surface area contributed by atoms with Crippen LogP contribution in [-0.4, -0.2) is 0 Å². The lowest BCUT2D eigenvalue weighted by Gasteiger charge is -2.28. The van der Waals surface area contributed by atoms with Crippen LogP contribution in [0.1, 0.15) is 0 Å². The fourth-order valence-corrected chi connectivity index (χ4v) is 8.87. The summed E-state index contributed by atoms with van der Waals surface area (Å²) in [7, 11) is 0. The Morgan fingerprint density at radius 1 is 0.276 bits per heavy atom. The van der Waals surface area contributed by atoms with E-state index in [1.807, 2.05) is 42.5 Å². The van der Waals surface area contributed by atoms with Crippen molar-refractivity contribution in [2.45, 2.75) is 0 Å². The first kappa shape index (κ1) is 32.4. The maximum absolute atomic E-state index is 6.85. The Labute approximate surface area is 333 Å². The van der Waals surface area contributed by atoms with Crippen molar-refractivity contribution in [2.75, 3.05) is 4.90 Å². The highest BCUT2D eigenvalue weighted by molar-refractivity contribution is 6.15. The quantitative estimate of drug-likeness (QED) is 0.170. The summed E-state index contributed by atoms with van der Waals surface area (Å²) in [5.41, 5.74) is 14.9. The van der Waals surface area contributed by atoms with Gasteiger partial charge in [-0.25, -0.2) is 0 Å². The fraction of sp³-hybridized carbons (Fsp3) is 0. The molecule has 0 saturated heterocycles. The molecule has 0 amide bonds. The number of anilines is 3. The van der Waals surface area contributed by atoms with Crippen molar-refractivity contribution in [3.63, 3.8) is 0 Å². The minimum Gasteiger partial charge on any atom is -0.456 e. The molecule has 0 bridgehead atoms. The molecule has 0 radical (unpaired) electrons. The van der Waals surface area contributed by atoms with Crippen molar-refractivity contribution >= 4 is 82.9 Å². The number of furan rings is 3. The largest absolute Gasteiger partial charge is 0.456 e. The molecule has 58 heavy (non-hydrogen) atoms. The highest BCUT2D eigenvalue weighted by Gasteiger charge is 2.25. The normalized spacial score (nSPS) is 11.8. The molecule has 4 nitrogen and oxygen atoms in total. The number of rotatable bonds is 6. The van der Waals surface area contributed by atoms with Crippen molar-refractivity contribution in [2.24, 2.45) is 0 Å². The van der Waals surface area contributed by atoms with Gasteiger partial charge >= 0.3 is 0 Å². The van der Waals surface area contributed by atoms with Gasteiger partial charge in [0.1, 0.15) is 27.9 Å². The molecule has 12 rings (SSSR count). The summed E-state index contributed by atoms with van der Waals surface area (Å²) in [4.78, 5) is 2.35. The van der Waals surface area contributed by atoms with E-state index in [1.54, 1.807) is 0 Å². The molecule has 0 atom stereocenters. The topological polar surface area (TPSA) is 42.7 Å². The number of hydrogen-bond donors (Lipinski definition) is 0. The third-order valence-electron chi connectivity index (χ3n) is 11.5. The highest BCUT2D eigenvalue weighted by Crippen LogP contribution is 2.48. The van der Waals surface area contributed by atoms with Crippen LogP contribution in [0.15, 0.2) is 213 Å². The lowest BCUT2D eigenvalue weighted by atomic mass is 9.97. The number of benzene rings is 9. The zero-order valence-corrected chi connectivity index (χ0v) is 31.2. The number of para-hydroxylation sites is 3. The molecule has 9 aromatic carbocycles. The standard InChI is InChI=1S/C54H33NO3/c1-2-12-34(13-3-1)41-32-33-43-42-14-4-7-19-46(42)58-54(43)53(41)55(37-28-24-35(25-29-37)39-17-10-22-49-51(39)44-15-5-8-20-47(44)56-49)38-30-26-36(27-31-38)40-18-11-23-50-52(40)45-16-6-9-21-48(45)57-50/h1-33H. The van der Waals surface area contributed by atoms with E-state index in [4.69, 9.17) is 13.3 Å². The van der Waals surface area contributed by atoms with Gasteiger partial charge < -0.3 is 18.2 Å². The van der Waals surface area contributed by atoms with Gasteiger partial charge in [-0.15, -0.1) is 0 Å². The van der Waals surface area contributed by atoms with Crippen LogP contribution in [-0.2, 0) is 0 Å². The number of nitrogens with zero attached hydrogens (tertiary/aromatic N) is 1. The van der Waals surface area contributed by atoms with Gasteiger partial charge in [-0.1, -0.05) is 140 Å². The van der Waals surface area contributed by atoms with E-state index < -0.39 is 0 Å². The van der Waals surface area contributed by atoms with Crippen molar-refractivity contribution in [1.82, 2.24) is 0 Å². The van der Waals surface area contributed by atoms with Gasteiger partial charge in [0.25, 0.3) is 0 Å². The third-order valence-corrected chi connectivity index (χ3v) is 11.5. The molecule has 0 fully saturated rings. The van der Waals surface area contributed by atoms with E-state index in [9.17, 15) is 0 Å². The van der Waals surface area contributed by atoms with Gasteiger partial charge in [-0.2, -0.15) is 0 Å². The Morgan fingerprint density at radius 2 is 0.724 bits per heavy atom. The van der Waals surface area contributed by atoms with Gasteiger partial charge in [0.15, 0.2) is 5.58 Å². The zero-order chi connectivity index (χ0) is 38.2. The van der Waals surface area contributed by atoms with Gasteiger partial charge in [-0.3, -0.25) is 0 Å². The SMILES string of the molecule is c1ccc(-c2ccc3c(oc4ccccc43)c2N(c2ccc(-c3cccc4oc5ccccc5c34)cc2)c2ccc(-c3cccc4oc5ccccc5c34)cc2)cc1. The van der Waals surface area contributed by atoms with Crippen LogP contribution < -0.4 is 4.90 Å². The molecule has 12 aromatic rings. The van der Waals surface area contributed by atoms with E-state index in [2.05, 4.69) is 163 Å². The molecule has 0 aliphatic carbocycles. The second-order valence-electron chi connectivity index (χ2n) is 14.8. The second kappa shape index (κ2) is 12.9. The molecule has 0 saturated carbocycles. The second-order valence-corrected chi connectivity index (χ2v) is 14.8. The molecule has 0 N–H and O–H groups in total. The molecule has 3 aromatic heterocycles. The van der Waals surface area contributed by atoms with E-state index in [1.165, 1.54) is 0 Å². The van der Waals surface area contributed by atoms with Crippen LogP contribution in [0.3, 0.4) is 0 Å². The highest BCUT2D eigenvalue weighted by atomic mass is 16.3. The Balaban J connectivity index is 1.08. The smallest absolute Gasteiger partial charge is 0.160 e. The molecule has 0 spiro atoms. The van der Waals surface area contributed by atoms with Crippen LogP contribution in [0.4, 0.5) is 17.1 Å². The van der Waals surface area contributed by atoms with E-state index >= 15 is 0 Å². The Bertz CT molecular complexity index is 3340. The molecule has 0 aliphatic rings. The molecule has 4 heteroatoms. The fourth-order valence-electron chi connectivity index (χ4n) is 8.87. The maximum atomic E-state index is 6.85. The number of hydrogen-bond acceptors (Lipinski definition) is 4. The first-order valence-electron chi connectivity index (χ1n) is 19.6. The number of fused-ring (bicyclic) bond motifs is 9. The summed E-state index contributed by atoms with van der Waals surface area (Å²) >= 11 is 0. The third kappa shape index (κ3) is 5.02. The van der Waals surface area contributed by atoms with Crippen LogP contribution in [0, 0.1) is 0 Å². The molecular formula is C54H33NO3. The van der Waals surface area contributed by atoms with Crippen molar-refractivity contribution in [3.05, 3.63) is 200 Å². The van der Waals surface area contributed by atoms with Gasteiger partial charge in [0.2, 0.25) is 0 Å². The minimum absolute atomic E-state index is 0.833. The predicted octanol–water partition coefficient (Wildman–Crippen LogP) is 15.9. The monoisotopic (exact) mass is 743 g/mol. The Morgan fingerprint density at radius 3 is 1.28 bits per heavy atom. The average molecular weight is 744 g/mol. The van der Waals surface area contributed by atoms with E-state index in [0.29, 0.717) is 0 Å². The first-order valence-corrected chi connectivity index (χ1v) is 19.6. The van der Waals surface area contributed by atoms with Crippen LogP contribution in [0.2, 0.25) is 0 Å². The molecule has 272 valence electrons. The molecule has 0 aliphatic heterocycles. The lowest BCUT2D eigenvalue weighted by molar-refractivity contribution is 0.668. The zero-order valence-electron chi connectivity index (χ0n) is 31.2. The summed E-state index contributed by atoms with van der Waals surface area (Å²) in [6.07, 6.45) is 0. The predicted molar refractivity (Wildman–Crippen MR) is 239 cm³/mol. The average Bonchev–Trinajstić information content (AvgIpc) is 3.99. The van der Waals surface area contributed by atoms with Crippen molar-refractivity contribution in [1.29, 1.82) is 0 Å². The maximum Gasteiger partial charge on any atom is 0.160 e. The Kier molecular flexibility index (Phi) is 7.20. The van der Waals surface area contributed by atoms with Crippen LogP contribution in [0.5, 0.6) is 0 Å². The summed E-state index contributed by atoms with van der Waals surface area (Å²) < 4.78 is 19.4. The summed E-state index contributed by atoms with van der Waals surface area (Å²) in [5.74, 6) is 0. The summed E-state index contributed by atoms with van der Waals surface area (Å²) in [6, 6.07) is 70.2. The first-order chi connectivity index (χ1) is 28.8. The Hall–Kier alpha value is -7.82. The van der Waals surface area contributed by atoms with Crippen LogP contribution in [0.25, 0.3) is 99.2 Å². The molecule has 3 heterocycles. The van der Waals surface area contributed by atoms with Crippen molar-refractivity contribution in [3.8, 4) is 33.4 Å². The van der Waals surface area contributed by atoms with Gasteiger partial charge in [-0.05, 0) is 88.5 Å². The summed E-state index contributed by atoms with van der Waals surface area (Å²) in [6.45, 7) is 0. The minimum atomic E-state index is 0.833. The molecular weight excluding hydrogens is 711 g/mol. The lowest BCUT2D eigenvalue weighted by Crippen LogP contribution is -2.11.